The molecule has 0 aromatic heterocycles. The minimum atomic E-state index is -3.81. The zero-order chi connectivity index (χ0) is 16.0. The molecule has 0 atom stereocenters. The van der Waals surface area contributed by atoms with E-state index in [1.165, 1.54) is 13.0 Å². The fraction of sp³-hybridized carbons (Fsp3) is 0.500. The third-order valence-electron chi connectivity index (χ3n) is 2.87. The number of hydrogen-bond acceptors (Lipinski definition) is 5. The van der Waals surface area contributed by atoms with Crippen molar-refractivity contribution in [1.82, 2.24) is 10.0 Å². The first kappa shape index (κ1) is 17.8. The molecule has 7 nitrogen and oxygen atoms in total. The Kier molecular flexibility index (Phi) is 6.53. The van der Waals surface area contributed by atoms with Gasteiger partial charge in [0.25, 0.3) is 5.69 Å². The molecule has 1 aromatic carbocycles. The average molecular weight is 336 g/mol. The van der Waals surface area contributed by atoms with Crippen molar-refractivity contribution in [2.24, 2.45) is 0 Å². The Morgan fingerprint density at radius 1 is 1.33 bits per heavy atom. The van der Waals surface area contributed by atoms with Crippen molar-refractivity contribution in [3.8, 4) is 0 Å². The summed E-state index contributed by atoms with van der Waals surface area (Å²) < 4.78 is 26.6. The van der Waals surface area contributed by atoms with Crippen LogP contribution >= 0.6 is 11.6 Å². The Balaban J connectivity index is 2.91. The lowest BCUT2D eigenvalue weighted by atomic mass is 10.2. The van der Waals surface area contributed by atoms with Crippen LogP contribution in [0.15, 0.2) is 17.0 Å². The maximum atomic E-state index is 12.1. The van der Waals surface area contributed by atoms with Crippen LogP contribution in [0.5, 0.6) is 0 Å². The normalized spacial score (nSPS) is 11.6. The van der Waals surface area contributed by atoms with Crippen LogP contribution in [0, 0.1) is 17.0 Å². The minimum absolute atomic E-state index is 0.0530. The van der Waals surface area contributed by atoms with Crippen molar-refractivity contribution in [2.75, 3.05) is 19.6 Å². The van der Waals surface area contributed by atoms with Crippen LogP contribution in [0.3, 0.4) is 0 Å². The summed E-state index contributed by atoms with van der Waals surface area (Å²) in [5, 5.41) is 14.0. The van der Waals surface area contributed by atoms with E-state index in [-0.39, 0.29) is 27.7 Å². The van der Waals surface area contributed by atoms with Crippen LogP contribution in [0.25, 0.3) is 0 Å². The molecule has 0 spiro atoms. The number of rotatable bonds is 8. The van der Waals surface area contributed by atoms with Gasteiger partial charge in [-0.05, 0) is 32.5 Å². The van der Waals surface area contributed by atoms with Gasteiger partial charge >= 0.3 is 0 Å². The number of nitro groups is 1. The highest BCUT2D eigenvalue weighted by Crippen LogP contribution is 2.29. The topological polar surface area (TPSA) is 101 Å². The maximum Gasteiger partial charge on any atom is 0.275 e. The molecule has 1 rings (SSSR count). The molecule has 2 N–H and O–H groups in total. The van der Waals surface area contributed by atoms with E-state index in [9.17, 15) is 18.5 Å². The Labute approximate surface area is 128 Å². The van der Waals surface area contributed by atoms with E-state index in [4.69, 9.17) is 11.6 Å². The van der Waals surface area contributed by atoms with Gasteiger partial charge in [0.2, 0.25) is 10.0 Å². The molecule has 21 heavy (non-hydrogen) atoms. The van der Waals surface area contributed by atoms with Gasteiger partial charge in [-0.1, -0.05) is 18.5 Å². The Bertz CT molecular complexity index is 619. The van der Waals surface area contributed by atoms with Gasteiger partial charge in [0.1, 0.15) is 0 Å². The van der Waals surface area contributed by atoms with Gasteiger partial charge in [0.15, 0.2) is 0 Å². The quantitative estimate of drug-likeness (QED) is 0.429. The fourth-order valence-electron chi connectivity index (χ4n) is 1.66. The molecular weight excluding hydrogens is 318 g/mol. The van der Waals surface area contributed by atoms with E-state index in [0.717, 1.165) is 12.6 Å². The Morgan fingerprint density at radius 2 is 2.00 bits per heavy atom. The van der Waals surface area contributed by atoms with Crippen molar-refractivity contribution in [3.63, 3.8) is 0 Å². The largest absolute Gasteiger partial charge is 0.317 e. The molecule has 0 heterocycles. The van der Waals surface area contributed by atoms with Crippen LogP contribution in [-0.4, -0.2) is 33.0 Å². The third-order valence-corrected chi connectivity index (χ3v) is 4.70. The lowest BCUT2D eigenvalue weighted by Gasteiger charge is -2.09. The van der Waals surface area contributed by atoms with E-state index >= 15 is 0 Å². The number of benzene rings is 1. The highest BCUT2D eigenvalue weighted by molar-refractivity contribution is 7.89. The summed E-state index contributed by atoms with van der Waals surface area (Å²) in [5.41, 5.74) is -0.0664. The average Bonchev–Trinajstić information content (AvgIpc) is 2.40. The van der Waals surface area contributed by atoms with Crippen LogP contribution in [0.4, 0.5) is 5.69 Å². The number of hydrogen-bond donors (Lipinski definition) is 2. The van der Waals surface area contributed by atoms with Crippen LogP contribution in [-0.2, 0) is 10.0 Å². The van der Waals surface area contributed by atoms with Crippen LogP contribution in [0.2, 0.25) is 5.02 Å². The molecular formula is C12H18ClN3O4S. The second-order valence-electron chi connectivity index (χ2n) is 4.41. The SMILES string of the molecule is CCNCCCNS(=O)(=O)c1cc(Cl)c(C)c([N+](=O)[O-])c1. The predicted molar refractivity (Wildman–Crippen MR) is 81.2 cm³/mol. The van der Waals surface area contributed by atoms with Crippen molar-refractivity contribution >= 4 is 27.3 Å². The molecule has 1 aromatic rings. The summed E-state index contributed by atoms with van der Waals surface area (Å²) in [7, 11) is -3.81. The number of halogens is 1. The van der Waals surface area contributed by atoms with Crippen molar-refractivity contribution in [3.05, 3.63) is 32.8 Å². The zero-order valence-corrected chi connectivity index (χ0v) is 13.4. The molecule has 0 aliphatic heterocycles. The monoisotopic (exact) mass is 335 g/mol. The predicted octanol–water partition coefficient (Wildman–Crippen LogP) is 1.83. The lowest BCUT2D eigenvalue weighted by Crippen LogP contribution is -2.27. The van der Waals surface area contributed by atoms with Crippen molar-refractivity contribution in [2.45, 2.75) is 25.2 Å². The number of nitrogens with zero attached hydrogens (tertiary/aromatic N) is 1. The molecule has 0 unspecified atom stereocenters. The highest BCUT2D eigenvalue weighted by Gasteiger charge is 2.22. The first-order chi connectivity index (χ1) is 9.79. The third kappa shape index (κ3) is 4.92. The molecule has 0 aliphatic rings. The molecule has 0 bridgehead atoms. The molecule has 0 aliphatic carbocycles. The van der Waals surface area contributed by atoms with E-state index < -0.39 is 14.9 Å². The van der Waals surface area contributed by atoms with E-state index in [0.29, 0.717) is 13.0 Å². The zero-order valence-electron chi connectivity index (χ0n) is 11.8. The first-order valence-corrected chi connectivity index (χ1v) is 8.30. The molecule has 0 saturated carbocycles. The van der Waals surface area contributed by atoms with Gasteiger partial charge in [-0.3, -0.25) is 10.1 Å². The highest BCUT2D eigenvalue weighted by atomic mass is 35.5. The molecule has 0 radical (unpaired) electrons. The van der Waals surface area contributed by atoms with E-state index in [1.807, 2.05) is 6.92 Å². The number of nitro benzene ring substituents is 1. The van der Waals surface area contributed by atoms with Crippen molar-refractivity contribution in [1.29, 1.82) is 0 Å². The Morgan fingerprint density at radius 3 is 2.57 bits per heavy atom. The Hall–Kier alpha value is -1.22. The van der Waals surface area contributed by atoms with E-state index in [2.05, 4.69) is 10.0 Å². The first-order valence-electron chi connectivity index (χ1n) is 6.44. The maximum absolute atomic E-state index is 12.1. The van der Waals surface area contributed by atoms with Crippen LogP contribution < -0.4 is 10.0 Å². The van der Waals surface area contributed by atoms with Crippen molar-refractivity contribution < 1.29 is 13.3 Å². The van der Waals surface area contributed by atoms with E-state index in [1.54, 1.807) is 0 Å². The summed E-state index contributed by atoms with van der Waals surface area (Å²) >= 11 is 5.87. The molecule has 9 heteroatoms. The second kappa shape index (κ2) is 7.69. The molecule has 0 amide bonds. The molecule has 0 fully saturated rings. The van der Waals surface area contributed by atoms with Gasteiger partial charge < -0.3 is 5.32 Å². The summed E-state index contributed by atoms with van der Waals surface area (Å²) in [6.07, 6.45) is 0.620. The summed E-state index contributed by atoms with van der Waals surface area (Å²) in [6, 6.07) is 2.24. The standard InChI is InChI=1S/C12H18ClN3O4S/c1-3-14-5-4-6-15-21(19,20)10-7-11(13)9(2)12(8-10)16(17)18/h7-8,14-15H,3-6H2,1-2H3. The number of nitrogens with one attached hydrogen (secondary N) is 2. The summed E-state index contributed by atoms with van der Waals surface area (Å²) in [6.45, 7) is 5.17. The second-order valence-corrected chi connectivity index (χ2v) is 6.59. The van der Waals surface area contributed by atoms with Gasteiger partial charge in [-0.25, -0.2) is 13.1 Å². The van der Waals surface area contributed by atoms with Gasteiger partial charge in [0.05, 0.1) is 14.8 Å². The smallest absolute Gasteiger partial charge is 0.275 e. The molecule has 118 valence electrons. The summed E-state index contributed by atoms with van der Waals surface area (Å²) in [5.74, 6) is 0. The van der Waals surface area contributed by atoms with Gasteiger partial charge in [-0.2, -0.15) is 0 Å². The van der Waals surface area contributed by atoms with Crippen LogP contribution in [0.1, 0.15) is 18.9 Å². The van der Waals surface area contributed by atoms with Gasteiger partial charge in [0, 0.05) is 18.2 Å². The fourth-order valence-corrected chi connectivity index (χ4v) is 3.06. The number of sulfonamides is 1. The lowest BCUT2D eigenvalue weighted by molar-refractivity contribution is -0.385. The summed E-state index contributed by atoms with van der Waals surface area (Å²) in [4.78, 5) is 10.1. The molecule has 0 saturated heterocycles. The van der Waals surface area contributed by atoms with Gasteiger partial charge in [-0.15, -0.1) is 0 Å². The minimum Gasteiger partial charge on any atom is -0.317 e.